The number of alkyl halides is 3. The van der Waals surface area contributed by atoms with Crippen LogP contribution in [-0.2, 0) is 26.1 Å². The van der Waals surface area contributed by atoms with Crippen molar-refractivity contribution >= 4 is 40.9 Å². The predicted octanol–water partition coefficient (Wildman–Crippen LogP) is 3.28. The van der Waals surface area contributed by atoms with Crippen LogP contribution in [0.4, 0.5) is 24.5 Å². The Labute approximate surface area is 301 Å². The molecule has 3 aliphatic heterocycles. The second kappa shape index (κ2) is 13.3. The zero-order valence-electron chi connectivity index (χ0n) is 28.8. The fourth-order valence-electron chi connectivity index (χ4n) is 7.12. The number of ether oxygens (including phenoxy) is 1. The zero-order valence-corrected chi connectivity index (χ0v) is 28.8. The van der Waals surface area contributed by atoms with Crippen molar-refractivity contribution in [3.8, 4) is 11.8 Å². The number of hydrogen-bond donors (Lipinski definition) is 2. The molecule has 7 rings (SSSR count). The average molecular weight is 733 g/mol. The summed E-state index contributed by atoms with van der Waals surface area (Å²) in [6.45, 7) is 6.18. The van der Waals surface area contributed by atoms with Gasteiger partial charge in [0.25, 0.3) is 17.7 Å². The zero-order chi connectivity index (χ0) is 37.8. The fraction of sp³-hybridized carbons (Fsp3) is 0.417. The van der Waals surface area contributed by atoms with Crippen molar-refractivity contribution in [3.05, 3.63) is 71.0 Å². The van der Waals surface area contributed by atoms with Gasteiger partial charge in [0, 0.05) is 63.4 Å². The lowest BCUT2D eigenvalue weighted by Gasteiger charge is -2.46. The van der Waals surface area contributed by atoms with E-state index in [-0.39, 0.29) is 35.8 Å². The summed E-state index contributed by atoms with van der Waals surface area (Å²) < 4.78 is 47.9. The van der Waals surface area contributed by atoms with Gasteiger partial charge in [-0.3, -0.25) is 43.8 Å². The first-order chi connectivity index (χ1) is 25.1. The first-order valence-corrected chi connectivity index (χ1v) is 17.1. The summed E-state index contributed by atoms with van der Waals surface area (Å²) in [5.41, 5.74) is -1.83. The molecule has 3 aromatic rings. The van der Waals surface area contributed by atoms with Gasteiger partial charge in [0.2, 0.25) is 11.8 Å². The van der Waals surface area contributed by atoms with Crippen LogP contribution in [0.25, 0.3) is 0 Å². The minimum absolute atomic E-state index is 0.0457. The number of benzene rings is 2. The molecule has 2 aromatic carbocycles. The number of anilines is 2. The van der Waals surface area contributed by atoms with Crippen molar-refractivity contribution in [2.75, 3.05) is 36.4 Å². The van der Waals surface area contributed by atoms with Crippen molar-refractivity contribution in [1.29, 1.82) is 5.26 Å². The highest BCUT2D eigenvalue weighted by Gasteiger charge is 2.45. The Hall–Kier alpha value is -5.76. The van der Waals surface area contributed by atoms with Gasteiger partial charge in [-0.15, -0.1) is 0 Å². The van der Waals surface area contributed by atoms with Crippen molar-refractivity contribution in [1.82, 2.24) is 24.9 Å². The average Bonchev–Trinajstić information content (AvgIpc) is 3.70. The van der Waals surface area contributed by atoms with E-state index in [4.69, 9.17) is 10.00 Å². The highest BCUT2D eigenvalue weighted by atomic mass is 19.4. The molecule has 4 aliphatic rings. The van der Waals surface area contributed by atoms with E-state index >= 15 is 0 Å². The molecule has 1 atom stereocenters. The lowest BCUT2D eigenvalue weighted by Crippen LogP contribution is -2.56. The summed E-state index contributed by atoms with van der Waals surface area (Å²) >= 11 is 0. The smallest absolute Gasteiger partial charge is 0.417 e. The quantitative estimate of drug-likeness (QED) is 0.328. The number of hydrogen-bond acceptors (Lipinski definition) is 10. The summed E-state index contributed by atoms with van der Waals surface area (Å²) in [6, 6.07) is 8.53. The fourth-order valence-corrected chi connectivity index (χ4v) is 7.12. The molecule has 2 saturated heterocycles. The molecule has 53 heavy (non-hydrogen) atoms. The number of halogens is 3. The van der Waals surface area contributed by atoms with Gasteiger partial charge in [0.1, 0.15) is 23.4 Å². The number of nitrogens with zero attached hydrogens (tertiary/aromatic N) is 6. The maximum Gasteiger partial charge on any atom is 0.417 e. The molecule has 2 N–H and O–H groups in total. The van der Waals surface area contributed by atoms with E-state index in [9.17, 15) is 37.1 Å². The monoisotopic (exact) mass is 732 g/mol. The SMILES string of the molecule is CC(C)(C(=O)Nc1ccc(C#N)c(C(F)(F)F)c1)n1cc(N2CCN(C3CC(Oc4ccc5c(c4)C(=O)N(C4CCC(=O)NC4=O)C5=O)C3)CC2)cn1. The number of imide groups is 2. The molecule has 1 aromatic heterocycles. The summed E-state index contributed by atoms with van der Waals surface area (Å²) in [6.07, 6.45) is 0.239. The topological polar surface area (TPSA) is 170 Å². The van der Waals surface area contributed by atoms with Gasteiger partial charge in [-0.2, -0.15) is 23.5 Å². The van der Waals surface area contributed by atoms with Crippen molar-refractivity contribution < 1.29 is 41.9 Å². The maximum atomic E-state index is 13.4. The minimum Gasteiger partial charge on any atom is -0.490 e. The molecule has 0 radical (unpaired) electrons. The number of piperazine rings is 1. The molecule has 1 unspecified atom stereocenters. The van der Waals surface area contributed by atoms with Crippen molar-refractivity contribution in [2.45, 2.75) is 69.4 Å². The van der Waals surface area contributed by atoms with Crippen molar-refractivity contribution in [3.63, 3.8) is 0 Å². The lowest BCUT2D eigenvalue weighted by atomic mass is 9.87. The number of aromatic nitrogens is 2. The third-order valence-corrected chi connectivity index (χ3v) is 10.4. The number of carbonyl (C=O) groups is 5. The highest BCUT2D eigenvalue weighted by molar-refractivity contribution is 6.23. The van der Waals surface area contributed by atoms with Crippen LogP contribution in [0.5, 0.6) is 5.75 Å². The van der Waals surface area contributed by atoms with Gasteiger partial charge < -0.3 is 15.0 Å². The molecular formula is C36H35F3N8O6. The standard InChI is InChI=1S/C36H35F3N8O6/c1-35(2,34(52)42-21-4-3-20(17-40)28(13-21)36(37,38)39)46-19-23(18-41-46)45-11-9-44(10-12-45)22-14-25(15-22)53-24-5-6-26-27(16-24)33(51)47(32(26)50)29-7-8-30(48)43-31(29)49/h3-6,13,16,18-19,22,25,29H,7-12,14-15H2,1-2H3,(H,42,52)(H,43,48,49). The van der Waals surface area contributed by atoms with E-state index in [0.29, 0.717) is 24.9 Å². The first kappa shape index (κ1) is 35.6. The molecule has 0 bridgehead atoms. The van der Waals surface area contributed by atoms with Crippen LogP contribution in [0.15, 0.2) is 48.8 Å². The molecule has 3 fully saturated rings. The Balaban J connectivity index is 0.898. The largest absolute Gasteiger partial charge is 0.490 e. The maximum absolute atomic E-state index is 13.4. The third-order valence-electron chi connectivity index (χ3n) is 10.4. The summed E-state index contributed by atoms with van der Waals surface area (Å²) in [7, 11) is 0. The van der Waals surface area contributed by atoms with E-state index in [0.717, 1.165) is 48.7 Å². The van der Waals surface area contributed by atoms with Crippen LogP contribution in [0, 0.1) is 11.3 Å². The number of carbonyl (C=O) groups excluding carboxylic acids is 5. The Kier molecular flexibility index (Phi) is 8.97. The molecule has 1 aliphatic carbocycles. The summed E-state index contributed by atoms with van der Waals surface area (Å²) in [4.78, 5) is 68.7. The summed E-state index contributed by atoms with van der Waals surface area (Å²) in [5, 5.41) is 18.2. The van der Waals surface area contributed by atoms with Gasteiger partial charge in [-0.25, -0.2) is 0 Å². The number of fused-ring (bicyclic) bond motifs is 1. The predicted molar refractivity (Wildman–Crippen MR) is 181 cm³/mol. The Bertz CT molecular complexity index is 2060. The number of nitrogens with one attached hydrogen (secondary N) is 2. The van der Waals surface area contributed by atoms with E-state index in [2.05, 4.69) is 25.5 Å². The van der Waals surface area contributed by atoms with E-state index in [1.165, 1.54) is 29.0 Å². The van der Waals surface area contributed by atoms with Gasteiger partial charge in [-0.05, 0) is 56.7 Å². The second-order valence-corrected chi connectivity index (χ2v) is 14.1. The second-order valence-electron chi connectivity index (χ2n) is 14.1. The van der Waals surface area contributed by atoms with Crippen LogP contribution in [0.3, 0.4) is 0 Å². The lowest BCUT2D eigenvalue weighted by molar-refractivity contribution is -0.138. The molecule has 0 spiro atoms. The molecule has 5 amide bonds. The van der Waals surface area contributed by atoms with Gasteiger partial charge in [0.15, 0.2) is 0 Å². The summed E-state index contributed by atoms with van der Waals surface area (Å²) in [5.74, 6) is -2.37. The highest BCUT2D eigenvalue weighted by Crippen LogP contribution is 2.36. The molecular weight excluding hydrogens is 697 g/mol. The van der Waals surface area contributed by atoms with Crippen LogP contribution in [-0.4, -0.2) is 93.5 Å². The van der Waals surface area contributed by atoms with E-state index in [1.54, 1.807) is 32.3 Å². The molecule has 14 nitrogen and oxygen atoms in total. The van der Waals surface area contributed by atoms with Crippen molar-refractivity contribution in [2.24, 2.45) is 0 Å². The van der Waals surface area contributed by atoms with E-state index in [1.807, 2.05) is 0 Å². The molecule has 276 valence electrons. The van der Waals surface area contributed by atoms with Gasteiger partial charge >= 0.3 is 6.18 Å². The van der Waals surface area contributed by atoms with Gasteiger partial charge in [0.05, 0.1) is 40.2 Å². The van der Waals surface area contributed by atoms with Crippen LogP contribution < -0.4 is 20.3 Å². The number of piperidine rings is 1. The van der Waals surface area contributed by atoms with Crippen LogP contribution >= 0.6 is 0 Å². The van der Waals surface area contributed by atoms with Crippen LogP contribution in [0.1, 0.15) is 71.4 Å². The minimum atomic E-state index is -4.75. The Morgan fingerprint density at radius 1 is 1.00 bits per heavy atom. The normalized spacial score (nSPS) is 22.2. The number of rotatable bonds is 8. The molecule has 17 heteroatoms. The van der Waals surface area contributed by atoms with E-state index < -0.39 is 58.4 Å². The van der Waals surface area contributed by atoms with Crippen LogP contribution in [0.2, 0.25) is 0 Å². The molecule has 4 heterocycles. The van der Waals surface area contributed by atoms with Gasteiger partial charge in [-0.1, -0.05) is 0 Å². The molecule has 1 saturated carbocycles. The number of amides is 5. The Morgan fingerprint density at radius 2 is 1.72 bits per heavy atom. The first-order valence-electron chi connectivity index (χ1n) is 17.1. The Morgan fingerprint density at radius 3 is 2.40 bits per heavy atom. The number of nitriles is 1. The third kappa shape index (κ3) is 6.70.